The molecule has 0 saturated carbocycles. The van der Waals surface area contributed by atoms with Gasteiger partial charge in [-0.2, -0.15) is 0 Å². The van der Waals surface area contributed by atoms with Crippen LogP contribution in [0.1, 0.15) is 19.4 Å². The lowest BCUT2D eigenvalue weighted by atomic mass is 10.2. The third-order valence-electron chi connectivity index (χ3n) is 2.16. The SMILES string of the molecule is COc1cc(COCC(C)C)ccc1[N+](=O)[O-]. The lowest BCUT2D eigenvalue weighted by Crippen LogP contribution is -2.02. The van der Waals surface area contributed by atoms with Crippen molar-refractivity contribution in [2.24, 2.45) is 5.92 Å². The standard InChI is InChI=1S/C12H17NO4/c1-9(2)7-17-8-10-4-5-11(13(14)15)12(6-10)16-3/h4-6,9H,7-8H2,1-3H3. The quantitative estimate of drug-likeness (QED) is 0.565. The number of benzene rings is 1. The van der Waals surface area contributed by atoms with Gasteiger partial charge in [-0.05, 0) is 23.6 Å². The first-order valence-electron chi connectivity index (χ1n) is 5.43. The van der Waals surface area contributed by atoms with Crippen LogP contribution in [-0.4, -0.2) is 18.6 Å². The van der Waals surface area contributed by atoms with E-state index in [2.05, 4.69) is 13.8 Å². The number of ether oxygens (including phenoxy) is 2. The van der Waals surface area contributed by atoms with Gasteiger partial charge in [0.25, 0.3) is 0 Å². The van der Waals surface area contributed by atoms with Gasteiger partial charge in [-0.3, -0.25) is 10.1 Å². The first-order chi connectivity index (χ1) is 8.04. The largest absolute Gasteiger partial charge is 0.490 e. The number of nitro benzene ring substituents is 1. The van der Waals surface area contributed by atoms with E-state index in [0.29, 0.717) is 19.1 Å². The molecule has 5 heteroatoms. The van der Waals surface area contributed by atoms with E-state index < -0.39 is 4.92 Å². The van der Waals surface area contributed by atoms with Crippen LogP contribution in [0.25, 0.3) is 0 Å². The van der Waals surface area contributed by atoms with Crippen molar-refractivity contribution in [3.63, 3.8) is 0 Å². The Bertz CT molecular complexity index is 390. The molecule has 0 saturated heterocycles. The van der Waals surface area contributed by atoms with Crippen molar-refractivity contribution in [3.05, 3.63) is 33.9 Å². The zero-order chi connectivity index (χ0) is 12.8. The van der Waals surface area contributed by atoms with E-state index in [9.17, 15) is 10.1 Å². The average molecular weight is 239 g/mol. The van der Waals surface area contributed by atoms with Crippen LogP contribution in [0.15, 0.2) is 18.2 Å². The molecule has 0 fully saturated rings. The minimum absolute atomic E-state index is 0.0277. The molecule has 1 rings (SSSR count). The molecule has 0 spiro atoms. The fraction of sp³-hybridized carbons (Fsp3) is 0.500. The Hall–Kier alpha value is -1.62. The minimum Gasteiger partial charge on any atom is -0.490 e. The fourth-order valence-corrected chi connectivity index (χ4v) is 1.38. The molecule has 0 atom stereocenters. The summed E-state index contributed by atoms with van der Waals surface area (Å²) in [5.74, 6) is 0.732. The Balaban J connectivity index is 2.72. The Kier molecular flexibility index (Phi) is 4.90. The van der Waals surface area contributed by atoms with E-state index in [4.69, 9.17) is 9.47 Å². The fourth-order valence-electron chi connectivity index (χ4n) is 1.38. The molecule has 5 nitrogen and oxygen atoms in total. The summed E-state index contributed by atoms with van der Waals surface area (Å²) in [5.41, 5.74) is 0.841. The monoisotopic (exact) mass is 239 g/mol. The Morgan fingerprint density at radius 1 is 1.41 bits per heavy atom. The van der Waals surface area contributed by atoms with Crippen molar-refractivity contribution in [1.82, 2.24) is 0 Å². The second-order valence-corrected chi connectivity index (χ2v) is 4.17. The second-order valence-electron chi connectivity index (χ2n) is 4.17. The number of rotatable bonds is 6. The van der Waals surface area contributed by atoms with Gasteiger partial charge in [0, 0.05) is 12.7 Å². The minimum atomic E-state index is -0.461. The maximum Gasteiger partial charge on any atom is 0.310 e. The summed E-state index contributed by atoms with van der Waals surface area (Å²) in [6.45, 7) is 5.23. The van der Waals surface area contributed by atoms with Crippen LogP contribution < -0.4 is 4.74 Å². The average Bonchev–Trinajstić information content (AvgIpc) is 2.28. The third kappa shape index (κ3) is 4.03. The molecular formula is C12H17NO4. The van der Waals surface area contributed by atoms with Gasteiger partial charge in [-0.1, -0.05) is 13.8 Å². The molecule has 0 radical (unpaired) electrons. The number of nitrogens with zero attached hydrogens (tertiary/aromatic N) is 1. The van der Waals surface area contributed by atoms with Crippen molar-refractivity contribution in [1.29, 1.82) is 0 Å². The molecule has 1 aromatic carbocycles. The van der Waals surface area contributed by atoms with Crippen LogP contribution in [0.2, 0.25) is 0 Å². The summed E-state index contributed by atoms with van der Waals surface area (Å²) < 4.78 is 10.4. The van der Waals surface area contributed by atoms with Crippen LogP contribution in [0.5, 0.6) is 5.75 Å². The molecule has 0 unspecified atom stereocenters. The molecule has 0 aromatic heterocycles. The van der Waals surface area contributed by atoms with Gasteiger partial charge < -0.3 is 9.47 Å². The van der Waals surface area contributed by atoms with Gasteiger partial charge in [0.15, 0.2) is 5.75 Å². The van der Waals surface area contributed by atoms with Gasteiger partial charge in [-0.25, -0.2) is 0 Å². The van der Waals surface area contributed by atoms with Crippen molar-refractivity contribution < 1.29 is 14.4 Å². The third-order valence-corrected chi connectivity index (χ3v) is 2.16. The highest BCUT2D eigenvalue weighted by atomic mass is 16.6. The van der Waals surface area contributed by atoms with Crippen molar-refractivity contribution in [2.75, 3.05) is 13.7 Å². The van der Waals surface area contributed by atoms with Crippen molar-refractivity contribution >= 4 is 5.69 Å². The summed E-state index contributed by atoms with van der Waals surface area (Å²) in [4.78, 5) is 10.2. The highest BCUT2D eigenvalue weighted by Crippen LogP contribution is 2.27. The van der Waals surface area contributed by atoms with Crippen LogP contribution in [0.3, 0.4) is 0 Å². The highest BCUT2D eigenvalue weighted by molar-refractivity contribution is 5.48. The molecule has 0 aliphatic rings. The van der Waals surface area contributed by atoms with Crippen LogP contribution in [0.4, 0.5) is 5.69 Å². The number of hydrogen-bond acceptors (Lipinski definition) is 4. The Morgan fingerprint density at radius 3 is 2.65 bits per heavy atom. The summed E-state index contributed by atoms with van der Waals surface area (Å²) in [5, 5.41) is 10.7. The number of hydrogen-bond donors (Lipinski definition) is 0. The van der Waals surface area contributed by atoms with Crippen LogP contribution in [0, 0.1) is 16.0 Å². The molecule has 0 aliphatic carbocycles. The molecule has 94 valence electrons. The van der Waals surface area contributed by atoms with Gasteiger partial charge in [0.1, 0.15) is 0 Å². The molecular weight excluding hydrogens is 222 g/mol. The lowest BCUT2D eigenvalue weighted by Gasteiger charge is -2.08. The smallest absolute Gasteiger partial charge is 0.310 e. The Labute approximate surface area is 101 Å². The lowest BCUT2D eigenvalue weighted by molar-refractivity contribution is -0.385. The topological polar surface area (TPSA) is 61.6 Å². The first kappa shape index (κ1) is 13.4. The van der Waals surface area contributed by atoms with Gasteiger partial charge in [0.05, 0.1) is 18.6 Å². The number of nitro groups is 1. The van der Waals surface area contributed by atoms with E-state index in [-0.39, 0.29) is 11.4 Å². The van der Waals surface area contributed by atoms with E-state index >= 15 is 0 Å². The highest BCUT2D eigenvalue weighted by Gasteiger charge is 2.14. The van der Waals surface area contributed by atoms with Gasteiger partial charge >= 0.3 is 5.69 Å². The van der Waals surface area contributed by atoms with Crippen molar-refractivity contribution in [3.8, 4) is 5.75 Å². The van der Waals surface area contributed by atoms with E-state index in [0.717, 1.165) is 5.56 Å². The summed E-state index contributed by atoms with van der Waals surface area (Å²) in [6, 6.07) is 4.76. The number of methoxy groups -OCH3 is 1. The summed E-state index contributed by atoms with van der Waals surface area (Å²) >= 11 is 0. The second kappa shape index (κ2) is 6.20. The zero-order valence-corrected chi connectivity index (χ0v) is 10.3. The van der Waals surface area contributed by atoms with Crippen molar-refractivity contribution in [2.45, 2.75) is 20.5 Å². The zero-order valence-electron chi connectivity index (χ0n) is 10.3. The summed E-state index contributed by atoms with van der Waals surface area (Å²) in [7, 11) is 1.42. The van der Waals surface area contributed by atoms with E-state index in [1.807, 2.05) is 0 Å². The van der Waals surface area contributed by atoms with E-state index in [1.165, 1.54) is 13.2 Å². The molecule has 0 heterocycles. The predicted octanol–water partition coefficient (Wildman–Crippen LogP) is 2.78. The molecule has 0 N–H and O–H groups in total. The van der Waals surface area contributed by atoms with E-state index in [1.54, 1.807) is 12.1 Å². The molecule has 17 heavy (non-hydrogen) atoms. The van der Waals surface area contributed by atoms with Gasteiger partial charge in [0.2, 0.25) is 0 Å². The predicted molar refractivity (Wildman–Crippen MR) is 64.1 cm³/mol. The maximum atomic E-state index is 10.7. The van der Waals surface area contributed by atoms with Crippen LogP contribution >= 0.6 is 0 Å². The normalized spacial score (nSPS) is 10.6. The molecule has 0 bridgehead atoms. The molecule has 0 aliphatic heterocycles. The van der Waals surface area contributed by atoms with Gasteiger partial charge in [-0.15, -0.1) is 0 Å². The van der Waals surface area contributed by atoms with Crippen LogP contribution in [-0.2, 0) is 11.3 Å². The summed E-state index contributed by atoms with van der Waals surface area (Å²) in [6.07, 6.45) is 0. The maximum absolute atomic E-state index is 10.7. The first-order valence-corrected chi connectivity index (χ1v) is 5.43. The Morgan fingerprint density at radius 2 is 2.12 bits per heavy atom. The molecule has 0 amide bonds. The molecule has 1 aromatic rings.